The molecule has 0 saturated carbocycles. The Balaban J connectivity index is 1.47. The van der Waals surface area contributed by atoms with E-state index in [1.54, 1.807) is 18.5 Å². The maximum absolute atomic E-state index is 13.6. The van der Waals surface area contributed by atoms with Crippen LogP contribution in [-0.4, -0.2) is 45.0 Å². The van der Waals surface area contributed by atoms with Crippen LogP contribution in [0.3, 0.4) is 0 Å². The van der Waals surface area contributed by atoms with E-state index < -0.39 is 0 Å². The van der Waals surface area contributed by atoms with Gasteiger partial charge in [0.1, 0.15) is 0 Å². The third-order valence-corrected chi connectivity index (χ3v) is 6.01. The third kappa shape index (κ3) is 4.96. The average Bonchev–Trinajstić information content (AvgIpc) is 2.84. The van der Waals surface area contributed by atoms with E-state index in [9.17, 15) is 4.79 Å². The molecule has 1 aliphatic heterocycles. The fraction of sp³-hybridized carbons (Fsp3) is 0.385. The Kier molecular flexibility index (Phi) is 6.78. The van der Waals surface area contributed by atoms with Gasteiger partial charge < -0.3 is 9.64 Å². The molecular formula is C26H30N4O2. The van der Waals surface area contributed by atoms with Crippen LogP contribution >= 0.6 is 0 Å². The lowest BCUT2D eigenvalue weighted by molar-refractivity contribution is 0.0503. The second-order valence-corrected chi connectivity index (χ2v) is 8.73. The lowest BCUT2D eigenvalue weighted by Gasteiger charge is -2.38. The minimum atomic E-state index is 0.0187. The van der Waals surface area contributed by atoms with Crippen LogP contribution in [0.5, 0.6) is 5.88 Å². The molecular weight excluding hydrogens is 400 g/mol. The van der Waals surface area contributed by atoms with Crippen LogP contribution in [0.2, 0.25) is 0 Å². The quantitative estimate of drug-likeness (QED) is 0.552. The zero-order valence-electron chi connectivity index (χ0n) is 18.9. The molecule has 2 atom stereocenters. The summed E-state index contributed by atoms with van der Waals surface area (Å²) in [4.78, 5) is 28.8. The summed E-state index contributed by atoms with van der Waals surface area (Å²) in [6.07, 6.45) is 5.37. The number of carbonyl (C=O) groups is 1. The van der Waals surface area contributed by atoms with E-state index in [1.165, 1.54) is 0 Å². The van der Waals surface area contributed by atoms with Gasteiger partial charge in [-0.3, -0.25) is 4.79 Å². The van der Waals surface area contributed by atoms with Crippen molar-refractivity contribution in [2.24, 2.45) is 5.92 Å². The highest BCUT2D eigenvalue weighted by atomic mass is 16.5. The molecule has 0 radical (unpaired) electrons. The molecule has 32 heavy (non-hydrogen) atoms. The summed E-state index contributed by atoms with van der Waals surface area (Å²) in [6, 6.07) is 15.4. The number of piperidine rings is 1. The van der Waals surface area contributed by atoms with Crippen LogP contribution in [0.4, 0.5) is 0 Å². The standard InChI is InChI=1S/C26H30N4O2/c1-18(2)23-10-6-11-24(29-23)32-17-20-13-12-19(3)30(16-20)26(31)22-9-5-4-8-21(22)25-27-14-7-15-28-25/h4-11,14-15,18-20H,12-13,16-17H2,1-3H3. The van der Waals surface area contributed by atoms with Crippen LogP contribution in [0.1, 0.15) is 55.6 Å². The number of benzene rings is 1. The van der Waals surface area contributed by atoms with Gasteiger partial charge in [0.05, 0.1) is 12.2 Å². The fourth-order valence-corrected chi connectivity index (χ4v) is 4.09. The fourth-order valence-electron chi connectivity index (χ4n) is 4.09. The minimum Gasteiger partial charge on any atom is -0.477 e. The highest BCUT2D eigenvalue weighted by Crippen LogP contribution is 2.28. The molecule has 6 nitrogen and oxygen atoms in total. The molecule has 1 saturated heterocycles. The van der Waals surface area contributed by atoms with Gasteiger partial charge in [0, 0.05) is 48.2 Å². The summed E-state index contributed by atoms with van der Waals surface area (Å²) in [5, 5.41) is 0. The number of ether oxygens (including phenoxy) is 1. The molecule has 0 spiro atoms. The molecule has 0 aliphatic carbocycles. The largest absolute Gasteiger partial charge is 0.477 e. The van der Waals surface area contributed by atoms with Crippen molar-refractivity contribution in [1.29, 1.82) is 0 Å². The molecule has 1 amide bonds. The monoisotopic (exact) mass is 430 g/mol. The first-order valence-corrected chi connectivity index (χ1v) is 11.3. The number of carbonyl (C=O) groups excluding carboxylic acids is 1. The van der Waals surface area contributed by atoms with Crippen LogP contribution in [0, 0.1) is 5.92 Å². The molecule has 1 aliphatic rings. The van der Waals surface area contributed by atoms with E-state index >= 15 is 0 Å². The Bertz CT molecular complexity index is 1050. The molecule has 4 rings (SSSR count). The lowest BCUT2D eigenvalue weighted by atomic mass is 9.92. The normalized spacial score (nSPS) is 18.6. The minimum absolute atomic E-state index is 0.0187. The maximum Gasteiger partial charge on any atom is 0.254 e. The molecule has 1 fully saturated rings. The van der Waals surface area contributed by atoms with Gasteiger partial charge in [0.15, 0.2) is 5.82 Å². The Labute approximate surface area is 189 Å². The number of hydrogen-bond donors (Lipinski definition) is 0. The van der Waals surface area contributed by atoms with Gasteiger partial charge in [-0.2, -0.15) is 0 Å². The summed E-state index contributed by atoms with van der Waals surface area (Å²) in [5.41, 5.74) is 2.42. The summed E-state index contributed by atoms with van der Waals surface area (Å²) >= 11 is 0. The number of rotatable bonds is 6. The van der Waals surface area contributed by atoms with Crippen molar-refractivity contribution < 1.29 is 9.53 Å². The molecule has 3 aromatic rings. The van der Waals surface area contributed by atoms with E-state index in [4.69, 9.17) is 4.74 Å². The van der Waals surface area contributed by atoms with Gasteiger partial charge in [-0.25, -0.2) is 15.0 Å². The van der Waals surface area contributed by atoms with Crippen molar-refractivity contribution in [3.05, 3.63) is 72.2 Å². The summed E-state index contributed by atoms with van der Waals surface area (Å²) in [6.45, 7) is 7.57. The SMILES string of the molecule is CC(C)c1cccc(OCC2CCC(C)N(C(=O)c3ccccc3-c3ncccn3)C2)n1. The summed E-state index contributed by atoms with van der Waals surface area (Å²) in [5.74, 6) is 1.86. The van der Waals surface area contributed by atoms with Crippen LogP contribution in [-0.2, 0) is 0 Å². The van der Waals surface area contributed by atoms with Gasteiger partial charge in [-0.15, -0.1) is 0 Å². The number of pyridine rings is 1. The van der Waals surface area contributed by atoms with Crippen molar-refractivity contribution in [1.82, 2.24) is 19.9 Å². The first-order chi connectivity index (χ1) is 15.5. The van der Waals surface area contributed by atoms with Gasteiger partial charge in [0.2, 0.25) is 5.88 Å². The molecule has 0 bridgehead atoms. The third-order valence-electron chi connectivity index (χ3n) is 6.01. The van der Waals surface area contributed by atoms with Crippen molar-refractivity contribution in [3.8, 4) is 17.3 Å². The zero-order chi connectivity index (χ0) is 22.5. The highest BCUT2D eigenvalue weighted by molar-refractivity contribution is 6.00. The second-order valence-electron chi connectivity index (χ2n) is 8.73. The molecule has 6 heteroatoms. The molecule has 1 aromatic carbocycles. The Morgan fingerprint density at radius 2 is 1.84 bits per heavy atom. The molecule has 2 unspecified atom stereocenters. The zero-order valence-corrected chi connectivity index (χ0v) is 18.9. The molecule has 3 heterocycles. The van der Waals surface area contributed by atoms with Gasteiger partial charge in [-0.1, -0.05) is 38.1 Å². The van der Waals surface area contributed by atoms with Crippen molar-refractivity contribution >= 4 is 5.91 Å². The Hall–Kier alpha value is -3.28. The number of hydrogen-bond acceptors (Lipinski definition) is 5. The predicted octanol–water partition coefficient (Wildman–Crippen LogP) is 4.98. The first-order valence-electron chi connectivity index (χ1n) is 11.3. The lowest BCUT2D eigenvalue weighted by Crippen LogP contribution is -2.47. The van der Waals surface area contributed by atoms with Crippen molar-refractivity contribution in [3.63, 3.8) is 0 Å². The number of amides is 1. The predicted molar refractivity (Wildman–Crippen MR) is 125 cm³/mol. The van der Waals surface area contributed by atoms with Crippen molar-refractivity contribution in [2.45, 2.75) is 45.6 Å². The Morgan fingerprint density at radius 3 is 2.62 bits per heavy atom. The Morgan fingerprint density at radius 1 is 1.06 bits per heavy atom. The van der Waals surface area contributed by atoms with E-state index in [1.807, 2.05) is 47.4 Å². The molecule has 0 N–H and O–H groups in total. The van der Waals surface area contributed by atoms with Crippen LogP contribution in [0.25, 0.3) is 11.4 Å². The number of nitrogens with zero attached hydrogens (tertiary/aromatic N) is 4. The van der Waals surface area contributed by atoms with Crippen LogP contribution in [0.15, 0.2) is 60.9 Å². The highest BCUT2D eigenvalue weighted by Gasteiger charge is 2.31. The van der Waals surface area contributed by atoms with E-state index in [0.717, 1.165) is 24.1 Å². The topological polar surface area (TPSA) is 68.2 Å². The summed E-state index contributed by atoms with van der Waals surface area (Å²) in [7, 11) is 0. The summed E-state index contributed by atoms with van der Waals surface area (Å²) < 4.78 is 6.03. The molecule has 166 valence electrons. The second kappa shape index (κ2) is 9.90. The smallest absolute Gasteiger partial charge is 0.254 e. The first kappa shape index (κ1) is 21.9. The van der Waals surface area contributed by atoms with Gasteiger partial charge in [-0.05, 0) is 43.9 Å². The maximum atomic E-state index is 13.6. The number of aromatic nitrogens is 3. The van der Waals surface area contributed by atoms with Crippen LogP contribution < -0.4 is 4.74 Å². The molecule has 2 aromatic heterocycles. The average molecular weight is 431 g/mol. The van der Waals surface area contributed by atoms with E-state index in [2.05, 4.69) is 35.7 Å². The van der Waals surface area contributed by atoms with E-state index in [0.29, 0.717) is 36.3 Å². The number of likely N-dealkylation sites (tertiary alicyclic amines) is 1. The van der Waals surface area contributed by atoms with E-state index in [-0.39, 0.29) is 17.9 Å². The van der Waals surface area contributed by atoms with Crippen molar-refractivity contribution in [2.75, 3.05) is 13.2 Å². The van der Waals surface area contributed by atoms with Gasteiger partial charge >= 0.3 is 0 Å². The van der Waals surface area contributed by atoms with Gasteiger partial charge in [0.25, 0.3) is 5.91 Å².